The number of hydrogen-bond acceptors (Lipinski definition) is 2. The summed E-state index contributed by atoms with van der Waals surface area (Å²) in [6.45, 7) is 6.66. The molecule has 0 bridgehead atoms. The van der Waals surface area contributed by atoms with Crippen molar-refractivity contribution in [1.82, 2.24) is 10.2 Å². The molecule has 5 heteroatoms. The van der Waals surface area contributed by atoms with Crippen molar-refractivity contribution >= 4 is 12.0 Å². The molecular formula is C13H26N2O3. The third kappa shape index (κ3) is 7.14. The molecule has 2 unspecified atom stereocenters. The summed E-state index contributed by atoms with van der Waals surface area (Å²) < 4.78 is 0. The van der Waals surface area contributed by atoms with Gasteiger partial charge in [0.2, 0.25) is 0 Å². The van der Waals surface area contributed by atoms with E-state index in [2.05, 4.69) is 5.32 Å². The first-order valence-electron chi connectivity index (χ1n) is 6.60. The number of carbonyl (C=O) groups excluding carboxylic acids is 1. The molecule has 2 amide bonds. The second-order valence-electron chi connectivity index (χ2n) is 4.93. The Morgan fingerprint density at radius 3 is 2.39 bits per heavy atom. The van der Waals surface area contributed by atoms with Gasteiger partial charge in [-0.05, 0) is 32.1 Å². The van der Waals surface area contributed by atoms with Crippen molar-refractivity contribution in [3.05, 3.63) is 0 Å². The molecule has 0 radical (unpaired) electrons. The van der Waals surface area contributed by atoms with Crippen molar-refractivity contribution in [2.45, 2.75) is 52.5 Å². The number of carboxylic acid groups (broad SMARTS) is 1. The average Bonchev–Trinajstić information content (AvgIpc) is 2.34. The van der Waals surface area contributed by atoms with Crippen LogP contribution in [-0.2, 0) is 4.79 Å². The normalized spacial score (nSPS) is 13.8. The standard InChI is InChI=1S/C13H26N2O3/c1-5-11(3)15(4)13(18)14-9-8-10(2)6-7-12(16)17/h10-11H,5-9H2,1-4H3,(H,14,18)(H,16,17). The van der Waals surface area contributed by atoms with Crippen LogP contribution in [0.15, 0.2) is 0 Å². The number of carboxylic acids is 1. The Labute approximate surface area is 110 Å². The number of hydrogen-bond donors (Lipinski definition) is 2. The molecule has 0 spiro atoms. The van der Waals surface area contributed by atoms with E-state index in [9.17, 15) is 9.59 Å². The first-order valence-corrected chi connectivity index (χ1v) is 6.60. The van der Waals surface area contributed by atoms with Crippen LogP contribution in [0, 0.1) is 5.92 Å². The molecule has 0 fully saturated rings. The molecule has 0 aliphatic carbocycles. The maximum atomic E-state index is 11.7. The minimum absolute atomic E-state index is 0.0604. The highest BCUT2D eigenvalue weighted by Gasteiger charge is 2.13. The predicted octanol–water partition coefficient (Wildman–Crippen LogP) is 2.32. The minimum atomic E-state index is -0.762. The Hall–Kier alpha value is -1.26. The van der Waals surface area contributed by atoms with E-state index in [0.29, 0.717) is 18.9 Å². The monoisotopic (exact) mass is 258 g/mol. The molecule has 5 nitrogen and oxygen atoms in total. The highest BCUT2D eigenvalue weighted by Crippen LogP contribution is 2.09. The second kappa shape index (κ2) is 8.78. The summed E-state index contributed by atoms with van der Waals surface area (Å²) >= 11 is 0. The summed E-state index contributed by atoms with van der Waals surface area (Å²) in [5, 5.41) is 11.4. The van der Waals surface area contributed by atoms with Crippen molar-refractivity contribution in [3.63, 3.8) is 0 Å². The van der Waals surface area contributed by atoms with Gasteiger partial charge in [0.05, 0.1) is 0 Å². The molecule has 0 aliphatic heterocycles. The lowest BCUT2D eigenvalue weighted by Gasteiger charge is -2.24. The van der Waals surface area contributed by atoms with Crippen LogP contribution in [-0.4, -0.2) is 41.6 Å². The fourth-order valence-electron chi connectivity index (χ4n) is 1.54. The fourth-order valence-corrected chi connectivity index (χ4v) is 1.54. The molecule has 0 saturated carbocycles. The van der Waals surface area contributed by atoms with E-state index >= 15 is 0 Å². The van der Waals surface area contributed by atoms with E-state index in [0.717, 1.165) is 12.8 Å². The van der Waals surface area contributed by atoms with Crippen molar-refractivity contribution in [3.8, 4) is 0 Å². The molecule has 0 aromatic carbocycles. The quantitative estimate of drug-likeness (QED) is 0.702. The van der Waals surface area contributed by atoms with Gasteiger partial charge in [0.25, 0.3) is 0 Å². The number of nitrogens with zero attached hydrogens (tertiary/aromatic N) is 1. The van der Waals surface area contributed by atoms with Crippen LogP contribution < -0.4 is 5.32 Å². The van der Waals surface area contributed by atoms with Gasteiger partial charge in [0.15, 0.2) is 0 Å². The van der Waals surface area contributed by atoms with Crippen molar-refractivity contribution in [2.24, 2.45) is 5.92 Å². The van der Waals surface area contributed by atoms with E-state index in [1.807, 2.05) is 20.8 Å². The Bertz CT molecular complexity index is 269. The molecule has 0 rings (SSSR count). The van der Waals surface area contributed by atoms with Gasteiger partial charge in [-0.3, -0.25) is 4.79 Å². The third-order valence-electron chi connectivity index (χ3n) is 3.34. The number of nitrogens with one attached hydrogen (secondary N) is 1. The van der Waals surface area contributed by atoms with Crippen LogP contribution in [0.25, 0.3) is 0 Å². The maximum Gasteiger partial charge on any atom is 0.317 e. The Morgan fingerprint density at radius 1 is 1.28 bits per heavy atom. The summed E-state index contributed by atoms with van der Waals surface area (Å²) in [6.07, 6.45) is 2.60. The van der Waals surface area contributed by atoms with Crippen LogP contribution in [0.4, 0.5) is 4.79 Å². The minimum Gasteiger partial charge on any atom is -0.481 e. The van der Waals surface area contributed by atoms with Crippen molar-refractivity contribution < 1.29 is 14.7 Å². The zero-order valence-electron chi connectivity index (χ0n) is 11.9. The number of amides is 2. The molecule has 2 atom stereocenters. The van der Waals surface area contributed by atoms with Gasteiger partial charge in [0.1, 0.15) is 0 Å². The zero-order chi connectivity index (χ0) is 14.1. The van der Waals surface area contributed by atoms with Gasteiger partial charge < -0.3 is 15.3 Å². The van der Waals surface area contributed by atoms with Gasteiger partial charge >= 0.3 is 12.0 Å². The molecule has 0 aliphatic rings. The first kappa shape index (κ1) is 16.7. The fraction of sp³-hybridized carbons (Fsp3) is 0.846. The van der Waals surface area contributed by atoms with Crippen LogP contribution in [0.2, 0.25) is 0 Å². The summed E-state index contributed by atoms with van der Waals surface area (Å²) in [5.74, 6) is -0.447. The molecule has 0 aromatic heterocycles. The van der Waals surface area contributed by atoms with E-state index < -0.39 is 5.97 Å². The number of carbonyl (C=O) groups is 2. The largest absolute Gasteiger partial charge is 0.481 e. The first-order chi connectivity index (χ1) is 8.38. The van der Waals surface area contributed by atoms with Crippen LogP contribution in [0.3, 0.4) is 0 Å². The highest BCUT2D eigenvalue weighted by molar-refractivity contribution is 5.74. The second-order valence-corrected chi connectivity index (χ2v) is 4.93. The zero-order valence-corrected chi connectivity index (χ0v) is 11.9. The Morgan fingerprint density at radius 2 is 1.89 bits per heavy atom. The SMILES string of the molecule is CCC(C)N(C)C(=O)NCCC(C)CCC(=O)O. The Kier molecular flexibility index (Phi) is 8.16. The summed E-state index contributed by atoms with van der Waals surface area (Å²) in [7, 11) is 1.79. The van der Waals surface area contributed by atoms with E-state index in [1.165, 1.54) is 0 Å². The van der Waals surface area contributed by atoms with Crippen molar-refractivity contribution in [2.75, 3.05) is 13.6 Å². The van der Waals surface area contributed by atoms with Gasteiger partial charge in [-0.2, -0.15) is 0 Å². The molecule has 0 saturated heterocycles. The molecule has 0 heterocycles. The predicted molar refractivity (Wildman–Crippen MR) is 71.6 cm³/mol. The summed E-state index contributed by atoms with van der Waals surface area (Å²) in [4.78, 5) is 23.8. The molecule has 0 aromatic rings. The van der Waals surface area contributed by atoms with E-state index in [4.69, 9.17) is 5.11 Å². The summed E-state index contributed by atoms with van der Waals surface area (Å²) in [5.41, 5.74) is 0. The third-order valence-corrected chi connectivity index (χ3v) is 3.34. The number of aliphatic carboxylic acids is 1. The molecule has 18 heavy (non-hydrogen) atoms. The van der Waals surface area contributed by atoms with Crippen LogP contribution >= 0.6 is 0 Å². The lowest BCUT2D eigenvalue weighted by atomic mass is 10.0. The number of rotatable bonds is 8. The topological polar surface area (TPSA) is 69.6 Å². The van der Waals surface area contributed by atoms with Gasteiger partial charge in [-0.1, -0.05) is 13.8 Å². The number of urea groups is 1. The van der Waals surface area contributed by atoms with Crippen LogP contribution in [0.5, 0.6) is 0 Å². The molecular weight excluding hydrogens is 232 g/mol. The maximum absolute atomic E-state index is 11.7. The summed E-state index contributed by atoms with van der Waals surface area (Å²) in [6, 6.07) is 0.171. The van der Waals surface area contributed by atoms with Gasteiger partial charge in [0, 0.05) is 26.1 Å². The lowest BCUT2D eigenvalue weighted by molar-refractivity contribution is -0.137. The van der Waals surface area contributed by atoms with Crippen LogP contribution in [0.1, 0.15) is 46.5 Å². The van der Waals surface area contributed by atoms with E-state index in [-0.39, 0.29) is 18.5 Å². The molecule has 2 N–H and O–H groups in total. The van der Waals surface area contributed by atoms with Gasteiger partial charge in [-0.15, -0.1) is 0 Å². The average molecular weight is 258 g/mol. The Balaban J connectivity index is 3.76. The van der Waals surface area contributed by atoms with Gasteiger partial charge in [-0.25, -0.2) is 4.79 Å². The highest BCUT2D eigenvalue weighted by atomic mass is 16.4. The molecule has 106 valence electrons. The van der Waals surface area contributed by atoms with Crippen molar-refractivity contribution in [1.29, 1.82) is 0 Å². The lowest BCUT2D eigenvalue weighted by Crippen LogP contribution is -2.42. The smallest absolute Gasteiger partial charge is 0.317 e. The van der Waals surface area contributed by atoms with E-state index in [1.54, 1.807) is 11.9 Å².